The van der Waals surface area contributed by atoms with E-state index in [9.17, 15) is 9.59 Å². The number of carbonyl (C=O) groups excluding carboxylic acids is 2. The Morgan fingerprint density at radius 2 is 2.00 bits per heavy atom. The van der Waals surface area contributed by atoms with Gasteiger partial charge in [-0.1, -0.05) is 29.8 Å². The summed E-state index contributed by atoms with van der Waals surface area (Å²) in [5.74, 6) is -0.160. The van der Waals surface area contributed by atoms with E-state index in [1.165, 1.54) is 5.56 Å². The zero-order valence-corrected chi connectivity index (χ0v) is 15.5. The number of ether oxygens (including phenoxy) is 1. The van der Waals surface area contributed by atoms with Crippen LogP contribution in [-0.4, -0.2) is 47.7 Å². The van der Waals surface area contributed by atoms with Crippen molar-refractivity contribution in [3.63, 3.8) is 0 Å². The maximum Gasteiger partial charge on any atom is 0.245 e. The van der Waals surface area contributed by atoms with Crippen molar-refractivity contribution in [1.82, 2.24) is 10.4 Å². The molecule has 1 aromatic carbocycles. The van der Waals surface area contributed by atoms with Crippen molar-refractivity contribution >= 4 is 11.8 Å². The molecule has 2 fully saturated rings. The fourth-order valence-corrected chi connectivity index (χ4v) is 4.24. The molecule has 0 spiro atoms. The Morgan fingerprint density at radius 1 is 1.35 bits per heavy atom. The molecule has 2 heterocycles. The Kier molecular flexibility index (Phi) is 5.63. The highest BCUT2D eigenvalue weighted by Gasteiger charge is 2.48. The van der Waals surface area contributed by atoms with Gasteiger partial charge in [0.2, 0.25) is 11.8 Å². The molecule has 142 valence electrons. The second-order valence-corrected chi connectivity index (χ2v) is 7.70. The van der Waals surface area contributed by atoms with E-state index < -0.39 is 11.3 Å². The van der Waals surface area contributed by atoms with E-state index in [0.29, 0.717) is 19.8 Å². The SMILES string of the molecule is Cc1ccc(C2(C)CCN(C(CC(=O)NO)C3CCOCC3)C2=O)cc1. The number of likely N-dealkylation sites (tertiary alicyclic amines) is 1. The van der Waals surface area contributed by atoms with Gasteiger partial charge in [-0.25, -0.2) is 5.48 Å². The molecule has 6 heteroatoms. The molecule has 0 saturated carbocycles. The third-order valence-corrected chi connectivity index (χ3v) is 6.00. The van der Waals surface area contributed by atoms with Crippen molar-refractivity contribution in [2.75, 3.05) is 19.8 Å². The van der Waals surface area contributed by atoms with Gasteiger partial charge in [0, 0.05) is 32.2 Å². The first-order valence-corrected chi connectivity index (χ1v) is 9.34. The van der Waals surface area contributed by atoms with Crippen LogP contribution in [0.5, 0.6) is 0 Å². The molecule has 1 aromatic rings. The van der Waals surface area contributed by atoms with Crippen molar-refractivity contribution in [1.29, 1.82) is 0 Å². The number of hydroxylamine groups is 1. The standard InChI is InChI=1S/C20H28N2O4/c1-14-3-5-16(6-4-14)20(2)9-10-22(19(20)24)17(13-18(23)21-25)15-7-11-26-12-8-15/h3-6,15,17,25H,7-13H2,1-2H3,(H,21,23). The molecule has 0 aromatic heterocycles. The zero-order valence-electron chi connectivity index (χ0n) is 15.5. The van der Waals surface area contributed by atoms with Crippen molar-refractivity contribution < 1.29 is 19.5 Å². The van der Waals surface area contributed by atoms with E-state index >= 15 is 0 Å². The molecule has 0 aliphatic carbocycles. The van der Waals surface area contributed by atoms with Crippen LogP contribution in [0.2, 0.25) is 0 Å². The number of amides is 2. The Labute approximate surface area is 154 Å². The quantitative estimate of drug-likeness (QED) is 0.623. The number of nitrogens with zero attached hydrogens (tertiary/aromatic N) is 1. The van der Waals surface area contributed by atoms with Crippen LogP contribution in [0.15, 0.2) is 24.3 Å². The lowest BCUT2D eigenvalue weighted by Crippen LogP contribution is -2.48. The van der Waals surface area contributed by atoms with Crippen molar-refractivity contribution in [3.05, 3.63) is 35.4 Å². The van der Waals surface area contributed by atoms with Crippen molar-refractivity contribution in [3.8, 4) is 0 Å². The molecule has 0 bridgehead atoms. The lowest BCUT2D eigenvalue weighted by atomic mass is 9.80. The minimum absolute atomic E-state index is 0.0728. The number of rotatable bonds is 5. The van der Waals surface area contributed by atoms with Crippen LogP contribution in [0.3, 0.4) is 0 Å². The number of nitrogens with one attached hydrogen (secondary N) is 1. The topological polar surface area (TPSA) is 78.9 Å². The van der Waals surface area contributed by atoms with Crippen molar-refractivity contribution in [2.45, 2.75) is 51.0 Å². The highest BCUT2D eigenvalue weighted by atomic mass is 16.5. The molecule has 2 unspecified atom stereocenters. The van der Waals surface area contributed by atoms with Gasteiger partial charge < -0.3 is 9.64 Å². The summed E-state index contributed by atoms with van der Waals surface area (Å²) < 4.78 is 5.44. The van der Waals surface area contributed by atoms with Gasteiger partial charge in [0.05, 0.1) is 5.41 Å². The van der Waals surface area contributed by atoms with Gasteiger partial charge in [0.1, 0.15) is 0 Å². The van der Waals surface area contributed by atoms with Gasteiger partial charge in [-0.15, -0.1) is 0 Å². The molecule has 2 aliphatic heterocycles. The van der Waals surface area contributed by atoms with Crippen LogP contribution < -0.4 is 5.48 Å². The maximum absolute atomic E-state index is 13.4. The predicted molar refractivity (Wildman–Crippen MR) is 96.7 cm³/mol. The van der Waals surface area contributed by atoms with Crippen LogP contribution in [0, 0.1) is 12.8 Å². The van der Waals surface area contributed by atoms with Crippen LogP contribution in [0.4, 0.5) is 0 Å². The molecular formula is C20H28N2O4. The Bertz CT molecular complexity index is 654. The van der Waals surface area contributed by atoms with Gasteiger partial charge in [-0.05, 0) is 44.6 Å². The third-order valence-electron chi connectivity index (χ3n) is 6.00. The molecule has 2 aliphatic rings. The molecule has 2 atom stereocenters. The van der Waals surface area contributed by atoms with E-state index in [1.54, 1.807) is 5.48 Å². The molecule has 6 nitrogen and oxygen atoms in total. The lowest BCUT2D eigenvalue weighted by molar-refractivity contribution is -0.138. The van der Waals surface area contributed by atoms with E-state index in [0.717, 1.165) is 24.8 Å². The summed E-state index contributed by atoms with van der Waals surface area (Å²) in [7, 11) is 0. The fourth-order valence-electron chi connectivity index (χ4n) is 4.24. The average molecular weight is 360 g/mol. The lowest BCUT2D eigenvalue weighted by Gasteiger charge is -2.37. The van der Waals surface area contributed by atoms with Gasteiger partial charge in [0.25, 0.3) is 0 Å². The minimum atomic E-state index is -0.563. The largest absolute Gasteiger partial charge is 0.381 e. The number of hydrogen-bond acceptors (Lipinski definition) is 4. The van der Waals surface area contributed by atoms with Crippen LogP contribution in [0.1, 0.15) is 43.7 Å². The monoisotopic (exact) mass is 360 g/mol. The molecule has 3 rings (SSSR count). The Balaban J connectivity index is 1.84. The van der Waals surface area contributed by atoms with Crippen LogP contribution >= 0.6 is 0 Å². The summed E-state index contributed by atoms with van der Waals surface area (Å²) in [5.41, 5.74) is 3.35. The predicted octanol–water partition coefficient (Wildman–Crippen LogP) is 2.18. The van der Waals surface area contributed by atoms with E-state index in [-0.39, 0.29) is 24.3 Å². The normalized spacial score (nSPS) is 25.3. The van der Waals surface area contributed by atoms with Gasteiger partial charge >= 0.3 is 0 Å². The first-order chi connectivity index (χ1) is 12.5. The fraction of sp³-hybridized carbons (Fsp3) is 0.600. The maximum atomic E-state index is 13.4. The molecule has 2 N–H and O–H groups in total. The molecular weight excluding hydrogens is 332 g/mol. The van der Waals surface area contributed by atoms with E-state index in [1.807, 2.05) is 43.0 Å². The van der Waals surface area contributed by atoms with Crippen LogP contribution in [0.25, 0.3) is 0 Å². The second kappa shape index (κ2) is 7.76. The molecule has 0 radical (unpaired) electrons. The van der Waals surface area contributed by atoms with E-state index in [2.05, 4.69) is 0 Å². The van der Waals surface area contributed by atoms with E-state index in [4.69, 9.17) is 9.94 Å². The highest BCUT2D eigenvalue weighted by molar-refractivity contribution is 5.90. The summed E-state index contributed by atoms with van der Waals surface area (Å²) >= 11 is 0. The average Bonchev–Trinajstić information content (AvgIpc) is 2.97. The van der Waals surface area contributed by atoms with Crippen LogP contribution in [-0.2, 0) is 19.7 Å². The zero-order chi connectivity index (χ0) is 18.7. The summed E-state index contributed by atoms with van der Waals surface area (Å²) in [6, 6.07) is 7.92. The summed E-state index contributed by atoms with van der Waals surface area (Å²) in [6.45, 7) is 5.96. The smallest absolute Gasteiger partial charge is 0.245 e. The minimum Gasteiger partial charge on any atom is -0.381 e. The highest BCUT2D eigenvalue weighted by Crippen LogP contribution is 2.39. The van der Waals surface area contributed by atoms with Crippen molar-refractivity contribution in [2.24, 2.45) is 5.92 Å². The first kappa shape index (κ1) is 18.9. The molecule has 2 amide bonds. The Morgan fingerprint density at radius 3 is 2.62 bits per heavy atom. The van der Waals surface area contributed by atoms with Gasteiger partial charge in [-0.3, -0.25) is 14.8 Å². The first-order valence-electron chi connectivity index (χ1n) is 9.34. The van der Waals surface area contributed by atoms with Gasteiger partial charge in [0.15, 0.2) is 0 Å². The number of carbonyl (C=O) groups is 2. The van der Waals surface area contributed by atoms with Gasteiger partial charge in [-0.2, -0.15) is 0 Å². The number of hydrogen-bond donors (Lipinski definition) is 2. The summed E-state index contributed by atoms with van der Waals surface area (Å²) in [6.07, 6.45) is 2.51. The molecule has 2 saturated heterocycles. The second-order valence-electron chi connectivity index (χ2n) is 7.70. The number of aryl methyl sites for hydroxylation is 1. The summed E-state index contributed by atoms with van der Waals surface area (Å²) in [5, 5.41) is 8.97. The summed E-state index contributed by atoms with van der Waals surface area (Å²) in [4.78, 5) is 27.1. The molecule has 26 heavy (non-hydrogen) atoms. The third kappa shape index (κ3) is 3.62. The number of benzene rings is 1. The Hall–Kier alpha value is -1.92.